The number of H-pyrrole nitrogens is 1. The third kappa shape index (κ3) is 2.46. The SMILES string of the molecule is CCC(=O)c1ccc(Sc2ncn[nH]2)cn1. The van der Waals surface area contributed by atoms with Crippen molar-refractivity contribution in [3.8, 4) is 0 Å². The molecule has 2 aromatic rings. The molecule has 6 heteroatoms. The first-order valence-corrected chi connectivity index (χ1v) is 5.63. The Balaban J connectivity index is 2.10. The molecule has 0 fully saturated rings. The molecule has 0 amide bonds. The first-order chi connectivity index (χ1) is 7.79. The molecule has 0 saturated carbocycles. The molecule has 0 aliphatic carbocycles. The fourth-order valence-electron chi connectivity index (χ4n) is 1.14. The van der Waals surface area contributed by atoms with Crippen LogP contribution in [0.25, 0.3) is 0 Å². The van der Waals surface area contributed by atoms with Crippen LogP contribution in [0.15, 0.2) is 34.7 Å². The fourth-order valence-corrected chi connectivity index (χ4v) is 1.80. The Labute approximate surface area is 96.7 Å². The molecule has 2 heterocycles. The van der Waals surface area contributed by atoms with Gasteiger partial charge in [0.25, 0.3) is 0 Å². The van der Waals surface area contributed by atoms with Gasteiger partial charge in [-0.1, -0.05) is 6.92 Å². The van der Waals surface area contributed by atoms with E-state index in [2.05, 4.69) is 20.2 Å². The molecule has 0 saturated heterocycles. The summed E-state index contributed by atoms with van der Waals surface area (Å²) in [5, 5.41) is 7.19. The maximum Gasteiger partial charge on any atom is 0.188 e. The molecule has 82 valence electrons. The number of rotatable bonds is 4. The smallest absolute Gasteiger partial charge is 0.188 e. The van der Waals surface area contributed by atoms with Gasteiger partial charge < -0.3 is 0 Å². The van der Waals surface area contributed by atoms with Crippen molar-refractivity contribution in [2.24, 2.45) is 0 Å². The highest BCUT2D eigenvalue weighted by Crippen LogP contribution is 2.22. The topological polar surface area (TPSA) is 71.5 Å². The molecule has 1 N–H and O–H groups in total. The highest BCUT2D eigenvalue weighted by atomic mass is 32.2. The van der Waals surface area contributed by atoms with Crippen molar-refractivity contribution in [3.05, 3.63) is 30.4 Å². The first kappa shape index (κ1) is 10.8. The summed E-state index contributed by atoms with van der Waals surface area (Å²) < 4.78 is 0. The second kappa shape index (κ2) is 4.89. The van der Waals surface area contributed by atoms with Crippen LogP contribution in [0.5, 0.6) is 0 Å². The van der Waals surface area contributed by atoms with Crippen LogP contribution >= 0.6 is 11.8 Å². The Morgan fingerprint density at radius 1 is 1.44 bits per heavy atom. The van der Waals surface area contributed by atoms with E-state index in [0.717, 1.165) is 4.90 Å². The zero-order valence-corrected chi connectivity index (χ0v) is 9.49. The molecule has 2 rings (SSSR count). The molecule has 0 spiro atoms. The minimum absolute atomic E-state index is 0.0521. The summed E-state index contributed by atoms with van der Waals surface area (Å²) in [4.78, 5) is 20.3. The third-order valence-electron chi connectivity index (χ3n) is 1.95. The van der Waals surface area contributed by atoms with Crippen LogP contribution in [-0.2, 0) is 0 Å². The summed E-state index contributed by atoms with van der Waals surface area (Å²) in [6.07, 6.45) is 3.59. The molecule has 16 heavy (non-hydrogen) atoms. The van der Waals surface area contributed by atoms with Crippen LogP contribution in [0.1, 0.15) is 23.8 Å². The number of ketones is 1. The summed E-state index contributed by atoms with van der Waals surface area (Å²) in [5.41, 5.74) is 0.504. The highest BCUT2D eigenvalue weighted by Gasteiger charge is 2.05. The van der Waals surface area contributed by atoms with E-state index in [1.54, 1.807) is 12.3 Å². The Kier molecular flexibility index (Phi) is 3.31. The number of aromatic amines is 1. The van der Waals surface area contributed by atoms with Gasteiger partial charge in [-0.3, -0.25) is 14.9 Å². The van der Waals surface area contributed by atoms with E-state index in [1.807, 2.05) is 13.0 Å². The molecular formula is C10H10N4OS. The van der Waals surface area contributed by atoms with Gasteiger partial charge in [-0.15, -0.1) is 0 Å². The van der Waals surface area contributed by atoms with Gasteiger partial charge in [0.2, 0.25) is 0 Å². The minimum atomic E-state index is 0.0521. The Hall–Kier alpha value is -1.69. The lowest BCUT2D eigenvalue weighted by molar-refractivity contribution is 0.0983. The van der Waals surface area contributed by atoms with Crippen molar-refractivity contribution in [2.75, 3.05) is 0 Å². The number of aromatic nitrogens is 4. The van der Waals surface area contributed by atoms with Gasteiger partial charge in [-0.05, 0) is 23.9 Å². The molecule has 0 bridgehead atoms. The zero-order chi connectivity index (χ0) is 11.4. The second-order valence-electron chi connectivity index (χ2n) is 3.05. The highest BCUT2D eigenvalue weighted by molar-refractivity contribution is 7.99. The summed E-state index contributed by atoms with van der Waals surface area (Å²) in [6, 6.07) is 3.58. The number of carbonyl (C=O) groups excluding carboxylic acids is 1. The Morgan fingerprint density at radius 3 is 2.88 bits per heavy atom. The normalized spacial score (nSPS) is 10.3. The zero-order valence-electron chi connectivity index (χ0n) is 8.67. The van der Waals surface area contributed by atoms with E-state index in [4.69, 9.17) is 0 Å². The van der Waals surface area contributed by atoms with Gasteiger partial charge in [-0.25, -0.2) is 4.98 Å². The first-order valence-electron chi connectivity index (χ1n) is 4.82. The molecule has 0 aliphatic rings. The maximum absolute atomic E-state index is 11.3. The van der Waals surface area contributed by atoms with E-state index in [9.17, 15) is 4.79 Å². The van der Waals surface area contributed by atoms with Crippen molar-refractivity contribution in [3.63, 3.8) is 0 Å². The standard InChI is InChI=1S/C10H10N4OS/c1-2-9(15)8-4-3-7(5-11-8)16-10-12-6-13-14-10/h3-6H,2H2,1H3,(H,12,13,14). The lowest BCUT2D eigenvalue weighted by Crippen LogP contribution is -1.99. The number of hydrogen-bond donors (Lipinski definition) is 1. The fraction of sp³-hybridized carbons (Fsp3) is 0.200. The quantitative estimate of drug-likeness (QED) is 0.818. The van der Waals surface area contributed by atoms with Crippen molar-refractivity contribution < 1.29 is 4.79 Å². The van der Waals surface area contributed by atoms with Crippen molar-refractivity contribution in [1.29, 1.82) is 0 Å². The molecule has 0 atom stereocenters. The molecule has 2 aromatic heterocycles. The van der Waals surface area contributed by atoms with Gasteiger partial charge >= 0.3 is 0 Å². The van der Waals surface area contributed by atoms with Crippen molar-refractivity contribution >= 4 is 17.5 Å². The number of hydrogen-bond acceptors (Lipinski definition) is 5. The van der Waals surface area contributed by atoms with E-state index >= 15 is 0 Å². The molecular weight excluding hydrogens is 224 g/mol. The van der Waals surface area contributed by atoms with E-state index in [-0.39, 0.29) is 5.78 Å². The van der Waals surface area contributed by atoms with Crippen molar-refractivity contribution in [2.45, 2.75) is 23.4 Å². The summed E-state index contributed by atoms with van der Waals surface area (Å²) >= 11 is 1.42. The van der Waals surface area contributed by atoms with Crippen LogP contribution in [0, 0.1) is 0 Å². The molecule has 0 aromatic carbocycles. The number of nitrogens with one attached hydrogen (secondary N) is 1. The van der Waals surface area contributed by atoms with Gasteiger partial charge in [0.05, 0.1) is 0 Å². The van der Waals surface area contributed by atoms with Crippen LogP contribution in [0.3, 0.4) is 0 Å². The van der Waals surface area contributed by atoms with Crippen LogP contribution in [-0.4, -0.2) is 25.9 Å². The van der Waals surface area contributed by atoms with Gasteiger partial charge in [-0.2, -0.15) is 5.10 Å². The number of Topliss-reactive ketones (excluding diaryl/α,β-unsaturated/α-hetero) is 1. The predicted octanol–water partition coefficient (Wildman–Crippen LogP) is 1.94. The molecule has 0 aliphatic heterocycles. The lowest BCUT2D eigenvalue weighted by Gasteiger charge is -1.99. The molecule has 0 radical (unpaired) electrons. The monoisotopic (exact) mass is 234 g/mol. The average Bonchev–Trinajstić information content (AvgIpc) is 2.82. The lowest BCUT2D eigenvalue weighted by atomic mass is 10.2. The van der Waals surface area contributed by atoms with Crippen LogP contribution < -0.4 is 0 Å². The van der Waals surface area contributed by atoms with Gasteiger partial charge in [0.1, 0.15) is 12.0 Å². The summed E-state index contributed by atoms with van der Waals surface area (Å²) in [5.74, 6) is 0.0521. The minimum Gasteiger partial charge on any atom is -0.292 e. The third-order valence-corrected chi connectivity index (χ3v) is 2.82. The second-order valence-corrected chi connectivity index (χ2v) is 4.11. The largest absolute Gasteiger partial charge is 0.292 e. The van der Waals surface area contributed by atoms with Gasteiger partial charge in [0, 0.05) is 17.5 Å². The summed E-state index contributed by atoms with van der Waals surface area (Å²) in [7, 11) is 0. The van der Waals surface area contributed by atoms with E-state index in [1.165, 1.54) is 18.1 Å². The average molecular weight is 234 g/mol. The van der Waals surface area contributed by atoms with Crippen molar-refractivity contribution in [1.82, 2.24) is 20.2 Å². The predicted molar refractivity (Wildman–Crippen MR) is 59.4 cm³/mol. The summed E-state index contributed by atoms with van der Waals surface area (Å²) in [6.45, 7) is 1.82. The number of nitrogens with zero attached hydrogens (tertiary/aromatic N) is 3. The molecule has 5 nitrogen and oxygen atoms in total. The van der Waals surface area contributed by atoms with E-state index in [0.29, 0.717) is 17.3 Å². The number of pyridine rings is 1. The molecule has 0 unspecified atom stereocenters. The Bertz CT molecular complexity index is 466. The maximum atomic E-state index is 11.3. The van der Waals surface area contributed by atoms with E-state index < -0.39 is 0 Å². The van der Waals surface area contributed by atoms with Crippen LogP contribution in [0.2, 0.25) is 0 Å². The number of carbonyl (C=O) groups is 1. The Morgan fingerprint density at radius 2 is 2.31 bits per heavy atom. The van der Waals surface area contributed by atoms with Gasteiger partial charge in [0.15, 0.2) is 10.9 Å². The van der Waals surface area contributed by atoms with Crippen LogP contribution in [0.4, 0.5) is 0 Å².